The number of esters is 1. The van der Waals surface area contributed by atoms with Gasteiger partial charge < -0.3 is 10.1 Å². The Morgan fingerprint density at radius 2 is 1.92 bits per heavy atom. The molecule has 2 rings (SSSR count). The molecule has 0 saturated heterocycles. The summed E-state index contributed by atoms with van der Waals surface area (Å²) in [6.45, 7) is 1.33. The van der Waals surface area contributed by atoms with Gasteiger partial charge in [-0.25, -0.2) is 9.59 Å². The molecule has 0 aliphatic heterocycles. The van der Waals surface area contributed by atoms with E-state index in [0.29, 0.717) is 5.92 Å². The largest absolute Gasteiger partial charge is 0.452 e. The number of carbonyl (C=O) groups is 3. The van der Waals surface area contributed by atoms with Crippen LogP contribution in [0.25, 0.3) is 0 Å². The lowest BCUT2D eigenvalue weighted by Gasteiger charge is -2.29. The summed E-state index contributed by atoms with van der Waals surface area (Å²) in [6, 6.07) is 4.62. The zero-order chi connectivity index (χ0) is 19.1. The minimum atomic E-state index is -1.01. The van der Waals surface area contributed by atoms with Gasteiger partial charge in [-0.2, -0.15) is 0 Å². The molecule has 1 fully saturated rings. The Labute approximate surface area is 150 Å². The Balaban J connectivity index is 1.82. The summed E-state index contributed by atoms with van der Waals surface area (Å²) in [5.74, 6) is -1.48. The summed E-state index contributed by atoms with van der Waals surface area (Å²) >= 11 is 0. The van der Waals surface area contributed by atoms with Gasteiger partial charge in [0.25, 0.3) is 11.6 Å². The number of nitro groups is 1. The quantitative estimate of drug-likeness (QED) is 0.469. The van der Waals surface area contributed by atoms with E-state index in [1.54, 1.807) is 0 Å². The fourth-order valence-electron chi connectivity index (χ4n) is 2.91. The molecule has 2 atom stereocenters. The van der Waals surface area contributed by atoms with Crippen LogP contribution in [0.1, 0.15) is 43.0 Å². The number of imide groups is 1. The van der Waals surface area contributed by atoms with E-state index in [0.717, 1.165) is 31.7 Å². The normalized spacial score (nSPS) is 19.3. The summed E-state index contributed by atoms with van der Waals surface area (Å²) < 4.78 is 4.76. The van der Waals surface area contributed by atoms with Crippen molar-refractivity contribution in [3.8, 4) is 0 Å². The Bertz CT molecular complexity index is 705. The highest BCUT2D eigenvalue weighted by atomic mass is 16.6. The highest BCUT2D eigenvalue weighted by molar-refractivity contribution is 5.98. The van der Waals surface area contributed by atoms with Gasteiger partial charge >= 0.3 is 12.0 Å². The van der Waals surface area contributed by atoms with Crippen molar-refractivity contribution in [2.45, 2.75) is 38.6 Å². The first-order valence-corrected chi connectivity index (χ1v) is 8.39. The fourth-order valence-corrected chi connectivity index (χ4v) is 2.91. The zero-order valence-electron chi connectivity index (χ0n) is 14.4. The predicted molar refractivity (Wildman–Crippen MR) is 91.5 cm³/mol. The van der Waals surface area contributed by atoms with Crippen LogP contribution >= 0.6 is 0 Å². The van der Waals surface area contributed by atoms with Crippen molar-refractivity contribution in [3.05, 3.63) is 39.9 Å². The lowest BCUT2D eigenvalue weighted by Crippen LogP contribution is -2.48. The van der Waals surface area contributed by atoms with E-state index in [9.17, 15) is 24.5 Å². The van der Waals surface area contributed by atoms with Crippen molar-refractivity contribution in [2.75, 3.05) is 6.61 Å². The average Bonchev–Trinajstić information content (AvgIpc) is 2.61. The molecule has 0 bridgehead atoms. The summed E-state index contributed by atoms with van der Waals surface area (Å²) in [5, 5.41) is 15.7. The lowest BCUT2D eigenvalue weighted by atomic mass is 9.86. The molecular weight excluding hydrogens is 342 g/mol. The van der Waals surface area contributed by atoms with Crippen LogP contribution in [0.4, 0.5) is 10.5 Å². The van der Waals surface area contributed by atoms with Crippen molar-refractivity contribution in [1.82, 2.24) is 10.6 Å². The molecule has 140 valence electrons. The van der Waals surface area contributed by atoms with Crippen molar-refractivity contribution in [2.24, 2.45) is 5.92 Å². The summed E-state index contributed by atoms with van der Waals surface area (Å²) in [5.41, 5.74) is -0.673. The first-order chi connectivity index (χ1) is 12.4. The average molecular weight is 363 g/mol. The van der Waals surface area contributed by atoms with Crippen molar-refractivity contribution >= 4 is 23.6 Å². The van der Waals surface area contributed by atoms with Crippen LogP contribution in [0, 0.1) is 16.0 Å². The van der Waals surface area contributed by atoms with Gasteiger partial charge in [0, 0.05) is 12.1 Å². The Kier molecular flexibility index (Phi) is 6.65. The van der Waals surface area contributed by atoms with Gasteiger partial charge in [-0.1, -0.05) is 31.9 Å². The van der Waals surface area contributed by atoms with Gasteiger partial charge in [-0.3, -0.25) is 20.2 Å². The number of hydrogen-bond acceptors (Lipinski definition) is 6. The molecule has 3 amide bonds. The first kappa shape index (κ1) is 19.4. The van der Waals surface area contributed by atoms with E-state index in [-0.39, 0.29) is 11.6 Å². The number of nitrogens with one attached hydrogen (secondary N) is 2. The third kappa shape index (κ3) is 5.27. The molecule has 0 radical (unpaired) electrons. The number of nitrogens with zero attached hydrogens (tertiary/aromatic N) is 1. The molecule has 0 heterocycles. The molecule has 1 aliphatic carbocycles. The maximum absolute atomic E-state index is 11.9. The van der Waals surface area contributed by atoms with Gasteiger partial charge in [-0.15, -0.1) is 0 Å². The van der Waals surface area contributed by atoms with Crippen molar-refractivity contribution < 1.29 is 24.0 Å². The highest BCUT2D eigenvalue weighted by Gasteiger charge is 2.24. The number of benzene rings is 1. The fraction of sp³-hybridized carbons (Fsp3) is 0.471. The maximum atomic E-state index is 11.9. The summed E-state index contributed by atoms with van der Waals surface area (Å²) in [6.07, 6.45) is 4.03. The topological polar surface area (TPSA) is 128 Å². The minimum absolute atomic E-state index is 0.00562. The molecule has 0 aromatic heterocycles. The van der Waals surface area contributed by atoms with Crippen LogP contribution in [0.15, 0.2) is 24.3 Å². The van der Waals surface area contributed by atoms with Crippen LogP contribution in [0.2, 0.25) is 0 Å². The van der Waals surface area contributed by atoms with E-state index >= 15 is 0 Å². The predicted octanol–water partition coefficient (Wildman–Crippen LogP) is 2.16. The Hall–Kier alpha value is -2.97. The second-order valence-corrected chi connectivity index (χ2v) is 6.24. The van der Waals surface area contributed by atoms with Gasteiger partial charge in [0.05, 0.1) is 4.92 Å². The van der Waals surface area contributed by atoms with E-state index in [1.807, 2.05) is 6.92 Å². The second-order valence-electron chi connectivity index (χ2n) is 6.24. The summed E-state index contributed by atoms with van der Waals surface area (Å²) in [7, 11) is 0. The molecular formula is C17H21N3O6. The smallest absolute Gasteiger partial charge is 0.345 e. The molecule has 1 saturated carbocycles. The number of rotatable bonds is 5. The Morgan fingerprint density at radius 1 is 1.23 bits per heavy atom. The van der Waals surface area contributed by atoms with Crippen LogP contribution < -0.4 is 10.6 Å². The van der Waals surface area contributed by atoms with Crippen LogP contribution in [-0.2, 0) is 9.53 Å². The summed E-state index contributed by atoms with van der Waals surface area (Å²) in [4.78, 5) is 45.7. The molecule has 0 unspecified atom stereocenters. The number of hydrogen-bond donors (Lipinski definition) is 2. The maximum Gasteiger partial charge on any atom is 0.345 e. The molecule has 1 aromatic rings. The number of para-hydroxylation sites is 1. The number of nitro benzene ring substituents is 1. The standard InChI is InChI=1S/C17H21N3O6/c1-11-6-2-4-8-13(11)18-17(23)19-15(21)10-26-16(22)12-7-3-5-9-14(12)20(24)25/h3,5,7,9,11,13H,2,4,6,8,10H2,1H3,(H2,18,19,21,23)/t11-,13-/m1/s1. The molecule has 1 aliphatic rings. The van der Waals surface area contributed by atoms with E-state index in [4.69, 9.17) is 4.74 Å². The molecule has 0 spiro atoms. The number of urea groups is 1. The SMILES string of the molecule is C[C@@H]1CCCC[C@H]1NC(=O)NC(=O)COC(=O)c1ccccc1[N+](=O)[O-]. The van der Waals surface area contributed by atoms with Crippen LogP contribution in [0.3, 0.4) is 0 Å². The minimum Gasteiger partial charge on any atom is -0.452 e. The van der Waals surface area contributed by atoms with Crippen LogP contribution in [-0.4, -0.2) is 35.5 Å². The van der Waals surface area contributed by atoms with Crippen LogP contribution in [0.5, 0.6) is 0 Å². The van der Waals surface area contributed by atoms with Gasteiger partial charge in [-0.05, 0) is 24.8 Å². The second kappa shape index (κ2) is 8.93. The number of amides is 3. The molecule has 26 heavy (non-hydrogen) atoms. The first-order valence-electron chi connectivity index (χ1n) is 8.39. The third-order valence-corrected chi connectivity index (χ3v) is 4.34. The molecule has 9 heteroatoms. The molecule has 9 nitrogen and oxygen atoms in total. The van der Waals surface area contributed by atoms with Gasteiger partial charge in [0.1, 0.15) is 5.56 Å². The number of carbonyl (C=O) groups excluding carboxylic acids is 3. The zero-order valence-corrected chi connectivity index (χ0v) is 14.4. The van der Waals surface area contributed by atoms with Gasteiger partial charge in [0.15, 0.2) is 6.61 Å². The van der Waals surface area contributed by atoms with Gasteiger partial charge in [0.2, 0.25) is 0 Å². The van der Waals surface area contributed by atoms with E-state index < -0.39 is 35.1 Å². The monoisotopic (exact) mass is 363 g/mol. The van der Waals surface area contributed by atoms with E-state index in [2.05, 4.69) is 10.6 Å². The lowest BCUT2D eigenvalue weighted by molar-refractivity contribution is -0.385. The van der Waals surface area contributed by atoms with Crippen molar-refractivity contribution in [3.63, 3.8) is 0 Å². The van der Waals surface area contributed by atoms with Crippen molar-refractivity contribution in [1.29, 1.82) is 0 Å². The highest BCUT2D eigenvalue weighted by Crippen LogP contribution is 2.23. The third-order valence-electron chi connectivity index (χ3n) is 4.34. The number of ether oxygens (including phenoxy) is 1. The van der Waals surface area contributed by atoms with E-state index in [1.165, 1.54) is 18.2 Å². The molecule has 2 N–H and O–H groups in total. The molecule has 1 aromatic carbocycles. The Morgan fingerprint density at radius 3 is 2.62 bits per heavy atom.